The summed E-state index contributed by atoms with van der Waals surface area (Å²) < 4.78 is 13.3. The molecule has 0 aliphatic rings. The molecule has 0 radical (unpaired) electrons. The lowest BCUT2D eigenvalue weighted by Gasteiger charge is -2.17. The van der Waals surface area contributed by atoms with Crippen molar-refractivity contribution in [2.45, 2.75) is 39.2 Å². The average Bonchev–Trinajstić information content (AvgIpc) is 3.27. The normalized spacial score (nSPS) is 11.6. The highest BCUT2D eigenvalue weighted by atomic mass is 16.5. The van der Waals surface area contributed by atoms with Crippen LogP contribution in [0.3, 0.4) is 0 Å². The number of pyridine rings is 1. The molecule has 2 aromatic carbocycles. The maximum absolute atomic E-state index is 7.83. The summed E-state index contributed by atoms with van der Waals surface area (Å²) in [4.78, 5) is 4.47. The molecule has 4 rings (SSSR count). The Bertz CT molecular complexity index is 1270. The van der Waals surface area contributed by atoms with Crippen LogP contribution < -0.4 is 14.8 Å². The van der Waals surface area contributed by atoms with Crippen LogP contribution in [0.4, 0.5) is 11.5 Å². The lowest BCUT2D eigenvalue weighted by atomic mass is 9.96. The highest BCUT2D eigenvalue weighted by Crippen LogP contribution is 2.35. The lowest BCUT2D eigenvalue weighted by Crippen LogP contribution is -2.06. The van der Waals surface area contributed by atoms with Crippen LogP contribution >= 0.6 is 0 Å². The van der Waals surface area contributed by atoms with Gasteiger partial charge in [-0.2, -0.15) is 5.10 Å². The Labute approximate surface area is 206 Å². The molecule has 1 unspecified atom stereocenters. The summed E-state index contributed by atoms with van der Waals surface area (Å²) in [5.41, 5.74) is 3.62. The highest BCUT2D eigenvalue weighted by molar-refractivity contribution is 5.77. The highest BCUT2D eigenvalue weighted by Gasteiger charge is 2.15. The quantitative estimate of drug-likeness (QED) is 0.237. The molecule has 0 saturated carbocycles. The Kier molecular flexibility index (Phi) is 7.77. The van der Waals surface area contributed by atoms with Crippen molar-refractivity contribution < 1.29 is 9.47 Å². The third-order valence-electron chi connectivity index (χ3n) is 5.86. The molecule has 1 atom stereocenters. The molecule has 0 aliphatic carbocycles. The van der Waals surface area contributed by atoms with Gasteiger partial charge in [-0.1, -0.05) is 50.6 Å². The molecule has 0 amide bonds. The fourth-order valence-corrected chi connectivity index (χ4v) is 4.02. The molecule has 180 valence electrons. The van der Waals surface area contributed by atoms with Gasteiger partial charge >= 0.3 is 0 Å². The number of nitrogens with one attached hydrogen (secondary N) is 2. The second-order valence-electron chi connectivity index (χ2n) is 8.42. The van der Waals surface area contributed by atoms with E-state index in [0.717, 1.165) is 29.9 Å². The fourth-order valence-electron chi connectivity index (χ4n) is 4.02. The first-order valence-electron chi connectivity index (χ1n) is 11.8. The monoisotopic (exact) mass is 469 g/mol. The average molecular weight is 470 g/mol. The van der Waals surface area contributed by atoms with Crippen molar-refractivity contribution in [2.24, 2.45) is 0 Å². The number of rotatable bonds is 11. The first-order chi connectivity index (χ1) is 17.1. The SMILES string of the molecule is CCCC(C)c1ccccc1Oc1ncccc1Nc1cc(C=N)n(Cc2ccc(OC)cc2)n1. The summed E-state index contributed by atoms with van der Waals surface area (Å²) in [6.07, 6.45) is 5.21. The summed E-state index contributed by atoms with van der Waals surface area (Å²) in [7, 11) is 1.65. The minimum Gasteiger partial charge on any atom is -0.497 e. The topological polar surface area (TPSA) is 85.0 Å². The number of hydrogen-bond donors (Lipinski definition) is 2. The Morgan fingerprint density at radius 1 is 1.09 bits per heavy atom. The van der Waals surface area contributed by atoms with Crippen molar-refractivity contribution in [3.63, 3.8) is 0 Å². The van der Waals surface area contributed by atoms with E-state index in [1.54, 1.807) is 18.0 Å². The molecule has 0 saturated heterocycles. The summed E-state index contributed by atoms with van der Waals surface area (Å²) >= 11 is 0. The van der Waals surface area contributed by atoms with Crippen LogP contribution in [-0.4, -0.2) is 28.1 Å². The van der Waals surface area contributed by atoms with Gasteiger partial charge < -0.3 is 20.2 Å². The van der Waals surface area contributed by atoms with E-state index >= 15 is 0 Å². The third kappa shape index (κ3) is 5.87. The molecule has 0 bridgehead atoms. The van der Waals surface area contributed by atoms with Crippen LogP contribution in [0.25, 0.3) is 0 Å². The molecular formula is C28H31N5O2. The zero-order valence-corrected chi connectivity index (χ0v) is 20.4. The predicted octanol–water partition coefficient (Wildman–Crippen LogP) is 6.77. The smallest absolute Gasteiger partial charge is 0.243 e. The van der Waals surface area contributed by atoms with E-state index in [9.17, 15) is 0 Å². The molecule has 7 nitrogen and oxygen atoms in total. The zero-order valence-electron chi connectivity index (χ0n) is 20.4. The molecule has 0 aliphatic heterocycles. The second-order valence-corrected chi connectivity index (χ2v) is 8.42. The molecule has 0 spiro atoms. The Morgan fingerprint density at radius 2 is 1.89 bits per heavy atom. The molecule has 0 fully saturated rings. The number of ether oxygens (including phenoxy) is 2. The molecule has 2 N–H and O–H groups in total. The molecule has 2 heterocycles. The number of anilines is 2. The van der Waals surface area contributed by atoms with Crippen molar-refractivity contribution in [1.29, 1.82) is 5.41 Å². The lowest BCUT2D eigenvalue weighted by molar-refractivity contribution is 0.414. The van der Waals surface area contributed by atoms with Crippen molar-refractivity contribution in [3.8, 4) is 17.4 Å². The number of hydrogen-bond acceptors (Lipinski definition) is 6. The molecule has 35 heavy (non-hydrogen) atoms. The first kappa shape index (κ1) is 24.0. The van der Waals surface area contributed by atoms with Crippen molar-refractivity contribution >= 4 is 17.7 Å². The predicted molar refractivity (Wildman–Crippen MR) is 140 cm³/mol. The van der Waals surface area contributed by atoms with Gasteiger partial charge in [-0.15, -0.1) is 0 Å². The van der Waals surface area contributed by atoms with Gasteiger partial charge in [0.1, 0.15) is 17.2 Å². The van der Waals surface area contributed by atoms with Gasteiger partial charge in [0.05, 0.1) is 19.3 Å². The van der Waals surface area contributed by atoms with Crippen LogP contribution in [0.2, 0.25) is 0 Å². The van der Waals surface area contributed by atoms with Crippen LogP contribution in [0, 0.1) is 5.41 Å². The number of methoxy groups -OCH3 is 1. The zero-order chi connectivity index (χ0) is 24.6. The van der Waals surface area contributed by atoms with Crippen LogP contribution in [0.5, 0.6) is 17.4 Å². The number of para-hydroxylation sites is 1. The fraction of sp³-hybridized carbons (Fsp3) is 0.250. The van der Waals surface area contributed by atoms with Crippen LogP contribution in [0.15, 0.2) is 72.9 Å². The van der Waals surface area contributed by atoms with Gasteiger partial charge in [0, 0.05) is 18.5 Å². The number of nitrogens with zero attached hydrogens (tertiary/aromatic N) is 3. The van der Waals surface area contributed by atoms with Crippen LogP contribution in [0.1, 0.15) is 49.4 Å². The number of aromatic nitrogens is 3. The minimum absolute atomic E-state index is 0.389. The largest absolute Gasteiger partial charge is 0.497 e. The Morgan fingerprint density at radius 3 is 2.63 bits per heavy atom. The van der Waals surface area contributed by atoms with Gasteiger partial charge in [-0.25, -0.2) is 4.98 Å². The van der Waals surface area contributed by atoms with E-state index < -0.39 is 0 Å². The van der Waals surface area contributed by atoms with Crippen LogP contribution in [-0.2, 0) is 6.54 Å². The molecule has 7 heteroatoms. The number of benzene rings is 2. The van der Waals surface area contributed by atoms with E-state index in [1.165, 1.54) is 11.8 Å². The van der Waals surface area contributed by atoms with Crippen molar-refractivity contribution in [3.05, 3.63) is 89.7 Å². The summed E-state index contributed by atoms with van der Waals surface area (Å²) in [6.45, 7) is 4.95. The summed E-state index contributed by atoms with van der Waals surface area (Å²) in [6, 6.07) is 21.5. The summed E-state index contributed by atoms with van der Waals surface area (Å²) in [5, 5.41) is 15.8. The van der Waals surface area contributed by atoms with Gasteiger partial charge in [-0.05, 0) is 53.8 Å². The molecule has 4 aromatic rings. The van der Waals surface area contributed by atoms with Gasteiger partial charge in [0.2, 0.25) is 5.88 Å². The summed E-state index contributed by atoms with van der Waals surface area (Å²) in [5.74, 6) is 3.09. The Hall–Kier alpha value is -4.13. The Balaban J connectivity index is 1.56. The van der Waals surface area contributed by atoms with E-state index in [2.05, 4.69) is 35.3 Å². The van der Waals surface area contributed by atoms with E-state index in [0.29, 0.717) is 35.5 Å². The van der Waals surface area contributed by atoms with E-state index in [-0.39, 0.29) is 0 Å². The van der Waals surface area contributed by atoms with E-state index in [1.807, 2.05) is 60.7 Å². The minimum atomic E-state index is 0.389. The third-order valence-corrected chi connectivity index (χ3v) is 5.86. The standard InChI is InChI=1S/C28H31N5O2/c1-4-8-20(2)24-9-5-6-11-26(24)35-28-25(10-7-16-30-28)31-27-17-22(18-29)33(32-27)19-21-12-14-23(34-3)15-13-21/h5-7,9-18,20,29H,4,8,19H2,1-3H3,(H,31,32). The van der Waals surface area contributed by atoms with Gasteiger partial charge in [0.15, 0.2) is 5.82 Å². The van der Waals surface area contributed by atoms with Gasteiger partial charge in [-0.3, -0.25) is 4.68 Å². The van der Waals surface area contributed by atoms with Crippen molar-refractivity contribution in [1.82, 2.24) is 14.8 Å². The molecule has 2 aromatic heterocycles. The van der Waals surface area contributed by atoms with Gasteiger partial charge in [0.25, 0.3) is 0 Å². The van der Waals surface area contributed by atoms with Crippen molar-refractivity contribution in [2.75, 3.05) is 12.4 Å². The second kappa shape index (κ2) is 11.3. The van der Waals surface area contributed by atoms with E-state index in [4.69, 9.17) is 14.9 Å². The maximum atomic E-state index is 7.83. The molecular weight excluding hydrogens is 438 g/mol. The maximum Gasteiger partial charge on any atom is 0.243 e. The first-order valence-corrected chi connectivity index (χ1v) is 11.8.